The maximum absolute atomic E-state index is 2.86. The van der Waals surface area contributed by atoms with Gasteiger partial charge in [0.2, 0.25) is 0 Å². The van der Waals surface area contributed by atoms with Crippen molar-refractivity contribution in [1.29, 1.82) is 0 Å². The van der Waals surface area contributed by atoms with Crippen LogP contribution in [0, 0.1) is 0 Å². The number of rotatable bonds is 10. The maximum atomic E-state index is 2.86. The minimum absolute atomic E-state index is 1.06. The molecule has 0 aromatic carbocycles. The van der Waals surface area contributed by atoms with Crippen LogP contribution in [0.25, 0.3) is 0 Å². The van der Waals surface area contributed by atoms with Crippen molar-refractivity contribution in [2.45, 2.75) is 102 Å². The normalized spacial score (nSPS) is 26.4. The van der Waals surface area contributed by atoms with Crippen LogP contribution in [0.2, 0.25) is 17.2 Å². The Kier molecular flexibility index (Phi) is 7.89. The molecule has 2 heterocycles. The predicted molar refractivity (Wildman–Crippen MR) is 97.9 cm³/mol. The summed E-state index contributed by atoms with van der Waals surface area (Å²) in [6, 6.07) is 1.06. The Hall–Kier alpha value is 0.759. The average Bonchev–Trinajstić information content (AvgIpc) is 2.49. The summed E-state index contributed by atoms with van der Waals surface area (Å²) in [6.45, 7) is 10.2. The van der Waals surface area contributed by atoms with Gasteiger partial charge in [-0.1, -0.05) is 0 Å². The van der Waals surface area contributed by atoms with Gasteiger partial charge in [0, 0.05) is 0 Å². The Bertz CT molecular complexity index is 270. The molecule has 0 N–H and O–H groups in total. The number of unbranched alkanes of at least 4 members (excludes halogenated alkanes) is 3. The van der Waals surface area contributed by atoms with Gasteiger partial charge in [0.1, 0.15) is 0 Å². The zero-order valence-corrected chi connectivity index (χ0v) is 17.9. The van der Waals surface area contributed by atoms with Crippen LogP contribution in [0.5, 0.6) is 0 Å². The molecule has 0 aromatic rings. The zero-order chi connectivity index (χ0) is 15.1. The van der Waals surface area contributed by atoms with Crippen LogP contribution in [-0.2, 0) is 0 Å². The molecule has 0 radical (unpaired) electrons. The first kappa shape index (κ1) is 18.1. The second-order valence-electron chi connectivity index (χ2n) is 7.84. The van der Waals surface area contributed by atoms with E-state index < -0.39 is 18.4 Å². The monoisotopic (exact) mass is 401 g/mol. The number of piperidine rings is 1. The minimum atomic E-state index is -1.91. The second-order valence-corrected chi connectivity index (χ2v) is 22.0. The van der Waals surface area contributed by atoms with E-state index in [9.17, 15) is 0 Å². The van der Waals surface area contributed by atoms with Crippen LogP contribution in [0.4, 0.5) is 0 Å². The van der Waals surface area contributed by atoms with Gasteiger partial charge in [-0.05, 0) is 0 Å². The number of hydrogen-bond donors (Lipinski definition) is 0. The van der Waals surface area contributed by atoms with Crippen molar-refractivity contribution in [1.82, 2.24) is 4.90 Å². The first-order valence-corrected chi connectivity index (χ1v) is 17.7. The standard InChI is InChI=1S/C7H12N.3C4H9.Sn/c1-2-5-8-6-4-7(8)3-1;3*1-3-4-2;/h4,7H,1-3,5-6H2;3*1,3-4H2,2H3;. The summed E-state index contributed by atoms with van der Waals surface area (Å²) in [5.41, 5.74) is 0. The zero-order valence-electron chi connectivity index (χ0n) is 15.0. The van der Waals surface area contributed by atoms with E-state index in [2.05, 4.69) is 25.7 Å². The van der Waals surface area contributed by atoms with E-state index in [4.69, 9.17) is 0 Å². The molecular formula is C19H39NSn. The van der Waals surface area contributed by atoms with E-state index in [-0.39, 0.29) is 0 Å². The fourth-order valence-corrected chi connectivity index (χ4v) is 24.6. The average molecular weight is 400 g/mol. The van der Waals surface area contributed by atoms with Crippen molar-refractivity contribution < 1.29 is 0 Å². The van der Waals surface area contributed by atoms with Crippen LogP contribution in [0.15, 0.2) is 0 Å². The fraction of sp³-hybridized carbons (Fsp3) is 1.00. The summed E-state index contributed by atoms with van der Waals surface area (Å²) in [5.74, 6) is 0. The molecule has 0 bridgehead atoms. The molecule has 2 aliphatic heterocycles. The third kappa shape index (κ3) is 4.40. The van der Waals surface area contributed by atoms with Crippen LogP contribution < -0.4 is 0 Å². The first-order valence-electron chi connectivity index (χ1n) is 10.0. The van der Waals surface area contributed by atoms with E-state index in [1.807, 2.05) is 0 Å². The van der Waals surface area contributed by atoms with Crippen LogP contribution in [0.1, 0.15) is 78.6 Å². The van der Waals surface area contributed by atoms with Gasteiger partial charge in [0.05, 0.1) is 0 Å². The summed E-state index contributed by atoms with van der Waals surface area (Å²) in [7, 11) is 0. The molecule has 0 saturated carbocycles. The number of fused-ring (bicyclic) bond motifs is 1. The van der Waals surface area contributed by atoms with Gasteiger partial charge in [0.15, 0.2) is 0 Å². The van der Waals surface area contributed by atoms with Crippen LogP contribution in [0.3, 0.4) is 0 Å². The molecular weight excluding hydrogens is 361 g/mol. The third-order valence-corrected chi connectivity index (χ3v) is 24.1. The van der Waals surface area contributed by atoms with Gasteiger partial charge in [-0.25, -0.2) is 0 Å². The molecule has 2 atom stereocenters. The Morgan fingerprint density at radius 2 is 1.43 bits per heavy atom. The molecule has 2 unspecified atom stereocenters. The van der Waals surface area contributed by atoms with Crippen molar-refractivity contribution >= 4 is 18.4 Å². The molecule has 2 heteroatoms. The van der Waals surface area contributed by atoms with Crippen LogP contribution >= 0.6 is 0 Å². The third-order valence-electron chi connectivity index (χ3n) is 6.43. The van der Waals surface area contributed by atoms with E-state index in [0.717, 1.165) is 6.04 Å². The molecule has 21 heavy (non-hydrogen) atoms. The number of nitrogens with zero attached hydrogens (tertiary/aromatic N) is 1. The molecule has 0 amide bonds. The molecule has 0 spiro atoms. The summed E-state index contributed by atoms with van der Waals surface area (Å²) in [6.07, 6.45) is 13.5. The van der Waals surface area contributed by atoms with Crippen molar-refractivity contribution in [3.05, 3.63) is 0 Å². The summed E-state index contributed by atoms with van der Waals surface area (Å²) < 4.78 is 6.41. The van der Waals surface area contributed by atoms with Crippen molar-refractivity contribution in [3.8, 4) is 0 Å². The number of hydrogen-bond acceptors (Lipinski definition) is 1. The SMILES string of the molecule is CCC[CH2][Sn]([CH2]CCC)([CH2]CCC)[CH]1CN2CCCCC12. The summed E-state index contributed by atoms with van der Waals surface area (Å²) >= 11 is -1.91. The van der Waals surface area contributed by atoms with Gasteiger partial charge in [0.25, 0.3) is 0 Å². The molecule has 2 aliphatic rings. The van der Waals surface area contributed by atoms with Crippen molar-refractivity contribution in [2.75, 3.05) is 13.1 Å². The van der Waals surface area contributed by atoms with Crippen molar-refractivity contribution in [2.24, 2.45) is 0 Å². The summed E-state index contributed by atoms with van der Waals surface area (Å²) in [5, 5.41) is 0. The first-order chi connectivity index (χ1) is 10.3. The molecule has 2 fully saturated rings. The molecule has 2 saturated heterocycles. The Labute approximate surface area is 138 Å². The van der Waals surface area contributed by atoms with E-state index in [1.165, 1.54) is 49.1 Å². The fourth-order valence-electron chi connectivity index (χ4n) is 5.05. The van der Waals surface area contributed by atoms with E-state index in [1.54, 1.807) is 39.0 Å². The molecule has 0 aliphatic carbocycles. The molecule has 0 aromatic heterocycles. The van der Waals surface area contributed by atoms with Gasteiger partial charge in [-0.3, -0.25) is 0 Å². The topological polar surface area (TPSA) is 3.24 Å². The van der Waals surface area contributed by atoms with Gasteiger partial charge in [-0.2, -0.15) is 0 Å². The quantitative estimate of drug-likeness (QED) is 0.402. The molecule has 2 rings (SSSR count). The van der Waals surface area contributed by atoms with E-state index in [0.29, 0.717) is 0 Å². The van der Waals surface area contributed by atoms with Crippen LogP contribution in [-0.4, -0.2) is 42.4 Å². The Balaban J connectivity index is 2.07. The van der Waals surface area contributed by atoms with E-state index >= 15 is 0 Å². The Morgan fingerprint density at radius 3 is 1.90 bits per heavy atom. The second kappa shape index (κ2) is 9.15. The van der Waals surface area contributed by atoms with Gasteiger partial charge in [-0.15, -0.1) is 0 Å². The molecule has 124 valence electrons. The van der Waals surface area contributed by atoms with Crippen molar-refractivity contribution in [3.63, 3.8) is 0 Å². The molecule has 1 nitrogen and oxygen atoms in total. The van der Waals surface area contributed by atoms with Gasteiger partial charge >= 0.3 is 138 Å². The predicted octanol–water partition coefficient (Wildman–Crippen LogP) is 6.07. The summed E-state index contributed by atoms with van der Waals surface area (Å²) in [4.78, 5) is 2.86. The van der Waals surface area contributed by atoms with Gasteiger partial charge < -0.3 is 0 Å². The Morgan fingerprint density at radius 1 is 0.857 bits per heavy atom.